The quantitative estimate of drug-likeness (QED) is 0.462. The largest absolute Gasteiger partial charge is 0.410 e. The molecule has 144 valence electrons. The first-order chi connectivity index (χ1) is 13.5. The normalized spacial score (nSPS) is 11.0. The fraction of sp³-hybridized carbons (Fsp3) is 0.250. The standard InChI is InChI=1S/C20H23N6OS/c1-13(2)28-16-8-9-17(23-11-16)18-12-24-19(21)20(25-18)26(27)15-6-4-14(5-7-15)10-22-3/h4-9,11-13,22H,10H2,1-3H3,(H2,21,24)/q+1. The van der Waals surface area contributed by atoms with Crippen molar-refractivity contribution in [2.75, 3.05) is 12.8 Å². The van der Waals surface area contributed by atoms with Crippen LogP contribution >= 0.6 is 11.8 Å². The number of nitrogens with zero attached hydrogens (tertiary/aromatic N) is 4. The number of nitrogens with one attached hydrogen (secondary N) is 1. The SMILES string of the molecule is CNCc1ccc([N+](=O)c2nc(-c3ccc(SC(C)C)cn3)cnc2N)cc1. The van der Waals surface area contributed by atoms with E-state index in [0.29, 0.717) is 27.1 Å². The maximum Gasteiger partial charge on any atom is 0.410 e. The summed E-state index contributed by atoms with van der Waals surface area (Å²) >= 11 is 1.73. The molecule has 1 aromatic carbocycles. The molecule has 2 aromatic heterocycles. The molecule has 0 aliphatic carbocycles. The summed E-state index contributed by atoms with van der Waals surface area (Å²) in [7, 11) is 1.87. The Kier molecular flexibility index (Phi) is 6.33. The number of hydrogen-bond donors (Lipinski definition) is 2. The molecule has 0 fully saturated rings. The number of nitrogen functional groups attached to an aromatic ring is 1. The van der Waals surface area contributed by atoms with Gasteiger partial charge in [-0.05, 0) is 41.9 Å². The first-order valence-electron chi connectivity index (χ1n) is 8.94. The minimum Gasteiger partial charge on any atom is -0.377 e. The highest BCUT2D eigenvalue weighted by atomic mass is 32.2. The Morgan fingerprint density at radius 2 is 1.82 bits per heavy atom. The Labute approximate surface area is 168 Å². The van der Waals surface area contributed by atoms with Gasteiger partial charge in [0.15, 0.2) is 5.69 Å². The Morgan fingerprint density at radius 3 is 2.43 bits per heavy atom. The van der Waals surface area contributed by atoms with Gasteiger partial charge in [0.25, 0.3) is 0 Å². The molecule has 0 atom stereocenters. The lowest BCUT2D eigenvalue weighted by Crippen LogP contribution is -2.08. The van der Waals surface area contributed by atoms with E-state index in [2.05, 4.69) is 34.1 Å². The van der Waals surface area contributed by atoms with Crippen molar-refractivity contribution in [2.24, 2.45) is 0 Å². The Morgan fingerprint density at radius 1 is 1.07 bits per heavy atom. The van der Waals surface area contributed by atoms with Crippen LogP contribution in [0.5, 0.6) is 0 Å². The highest BCUT2D eigenvalue weighted by Crippen LogP contribution is 2.27. The molecule has 28 heavy (non-hydrogen) atoms. The van der Waals surface area contributed by atoms with E-state index in [4.69, 9.17) is 5.73 Å². The zero-order valence-corrected chi connectivity index (χ0v) is 16.9. The van der Waals surface area contributed by atoms with E-state index in [1.54, 1.807) is 30.1 Å². The van der Waals surface area contributed by atoms with E-state index in [1.807, 2.05) is 31.3 Å². The van der Waals surface area contributed by atoms with E-state index >= 15 is 0 Å². The van der Waals surface area contributed by atoms with Crippen LogP contribution in [-0.4, -0.2) is 27.2 Å². The van der Waals surface area contributed by atoms with Crippen LogP contribution < -0.4 is 15.8 Å². The molecule has 0 saturated heterocycles. The van der Waals surface area contributed by atoms with Crippen molar-refractivity contribution < 1.29 is 0 Å². The zero-order valence-electron chi connectivity index (χ0n) is 16.1. The van der Waals surface area contributed by atoms with Crippen LogP contribution in [0, 0.1) is 4.91 Å². The van der Waals surface area contributed by atoms with Crippen molar-refractivity contribution in [2.45, 2.75) is 30.5 Å². The Bertz CT molecular complexity index is 957. The third-order valence-electron chi connectivity index (χ3n) is 3.90. The second-order valence-electron chi connectivity index (χ2n) is 6.50. The smallest absolute Gasteiger partial charge is 0.377 e. The summed E-state index contributed by atoms with van der Waals surface area (Å²) in [5.74, 6) is 0.131. The van der Waals surface area contributed by atoms with E-state index in [0.717, 1.165) is 17.0 Å². The molecule has 0 spiro atoms. The molecule has 3 rings (SSSR count). The Hall–Kier alpha value is -2.84. The molecule has 3 N–H and O–H groups in total. The van der Waals surface area contributed by atoms with Gasteiger partial charge in [0.2, 0.25) is 11.5 Å². The number of pyridine rings is 1. The molecule has 8 heteroatoms. The highest BCUT2D eigenvalue weighted by Gasteiger charge is 2.24. The summed E-state index contributed by atoms with van der Waals surface area (Å²) in [5.41, 5.74) is 8.57. The van der Waals surface area contributed by atoms with Crippen LogP contribution in [0.3, 0.4) is 0 Å². The average molecular weight is 396 g/mol. The number of nitrogens with two attached hydrogens (primary N) is 1. The predicted octanol–water partition coefficient (Wildman–Crippen LogP) is 3.94. The lowest BCUT2D eigenvalue weighted by molar-refractivity contribution is 0.817. The van der Waals surface area contributed by atoms with Crippen LogP contribution in [0.2, 0.25) is 0 Å². The fourth-order valence-corrected chi connectivity index (χ4v) is 3.42. The first kappa shape index (κ1) is 19.9. The third-order valence-corrected chi connectivity index (χ3v) is 4.88. The molecule has 3 aromatic rings. The maximum absolute atomic E-state index is 12.8. The zero-order chi connectivity index (χ0) is 20.1. The summed E-state index contributed by atoms with van der Waals surface area (Å²) in [5, 5.41) is 3.55. The van der Waals surface area contributed by atoms with Gasteiger partial charge in [-0.2, -0.15) is 0 Å². The second kappa shape index (κ2) is 8.90. The van der Waals surface area contributed by atoms with E-state index in [-0.39, 0.29) is 11.6 Å². The van der Waals surface area contributed by atoms with Gasteiger partial charge in [0, 0.05) is 27.6 Å². The molecule has 7 nitrogen and oxygen atoms in total. The minimum absolute atomic E-state index is 0.0568. The molecule has 0 aliphatic heterocycles. The lowest BCUT2D eigenvalue weighted by Gasteiger charge is -2.04. The molecule has 0 bridgehead atoms. The van der Waals surface area contributed by atoms with Gasteiger partial charge < -0.3 is 11.1 Å². The highest BCUT2D eigenvalue weighted by molar-refractivity contribution is 7.99. The van der Waals surface area contributed by atoms with Crippen molar-refractivity contribution in [1.29, 1.82) is 0 Å². The second-order valence-corrected chi connectivity index (χ2v) is 8.15. The van der Waals surface area contributed by atoms with Crippen LogP contribution in [0.25, 0.3) is 11.4 Å². The van der Waals surface area contributed by atoms with Crippen molar-refractivity contribution in [1.82, 2.24) is 25.0 Å². The first-order valence-corrected chi connectivity index (χ1v) is 9.82. The summed E-state index contributed by atoms with van der Waals surface area (Å²) in [6, 6.07) is 11.1. The van der Waals surface area contributed by atoms with Crippen LogP contribution in [-0.2, 0) is 6.54 Å². The number of nitroso groups, excluding NO2 is 1. The number of anilines is 1. The van der Waals surface area contributed by atoms with Gasteiger partial charge >= 0.3 is 5.82 Å². The van der Waals surface area contributed by atoms with Gasteiger partial charge in [-0.1, -0.05) is 30.9 Å². The molecule has 0 amide bonds. The third kappa shape index (κ3) is 4.71. The van der Waals surface area contributed by atoms with Gasteiger partial charge in [0.05, 0.1) is 6.20 Å². The minimum atomic E-state index is 0.0568. The summed E-state index contributed by atoms with van der Waals surface area (Å²) in [4.78, 5) is 26.9. The summed E-state index contributed by atoms with van der Waals surface area (Å²) < 4.78 is 0.692. The molecule has 0 radical (unpaired) electrons. The van der Waals surface area contributed by atoms with Crippen molar-refractivity contribution >= 4 is 29.1 Å². The van der Waals surface area contributed by atoms with Gasteiger partial charge in [-0.15, -0.1) is 11.8 Å². The fourth-order valence-electron chi connectivity index (χ4n) is 2.61. The van der Waals surface area contributed by atoms with E-state index in [9.17, 15) is 4.91 Å². The monoisotopic (exact) mass is 395 g/mol. The predicted molar refractivity (Wildman–Crippen MR) is 115 cm³/mol. The molecular weight excluding hydrogens is 372 g/mol. The molecular formula is C20H23N6OS+. The summed E-state index contributed by atoms with van der Waals surface area (Å²) in [6.07, 6.45) is 3.33. The number of hydrogen-bond acceptors (Lipinski definition) is 7. The van der Waals surface area contributed by atoms with Crippen molar-refractivity contribution in [3.63, 3.8) is 0 Å². The average Bonchev–Trinajstić information content (AvgIpc) is 2.69. The number of benzene rings is 1. The molecule has 2 heterocycles. The van der Waals surface area contributed by atoms with Crippen molar-refractivity contribution in [3.05, 3.63) is 59.3 Å². The lowest BCUT2D eigenvalue weighted by atomic mass is 10.2. The van der Waals surface area contributed by atoms with Crippen LogP contribution in [0.4, 0.5) is 17.3 Å². The number of aromatic nitrogens is 3. The molecule has 0 unspecified atom stereocenters. The van der Waals surface area contributed by atoms with Crippen LogP contribution in [0.1, 0.15) is 19.4 Å². The number of rotatable bonds is 7. The van der Waals surface area contributed by atoms with Gasteiger partial charge in [-0.3, -0.25) is 4.98 Å². The van der Waals surface area contributed by atoms with E-state index < -0.39 is 0 Å². The topological polar surface area (TPSA) is 96.8 Å². The van der Waals surface area contributed by atoms with Crippen molar-refractivity contribution in [3.8, 4) is 11.4 Å². The van der Waals surface area contributed by atoms with Gasteiger partial charge in [-0.25, -0.2) is 4.98 Å². The Balaban J connectivity index is 1.87. The summed E-state index contributed by atoms with van der Waals surface area (Å²) in [6.45, 7) is 4.99. The molecule has 0 aliphatic rings. The maximum atomic E-state index is 12.8. The molecule has 0 saturated carbocycles. The van der Waals surface area contributed by atoms with Gasteiger partial charge in [0.1, 0.15) is 5.69 Å². The van der Waals surface area contributed by atoms with Crippen LogP contribution in [0.15, 0.2) is 53.7 Å². The van der Waals surface area contributed by atoms with E-state index in [1.165, 1.54) is 6.20 Å². The number of thioether (sulfide) groups is 1.